The van der Waals surface area contributed by atoms with Crippen molar-refractivity contribution in [3.8, 4) is 0 Å². The Kier molecular flexibility index (Phi) is 117. The summed E-state index contributed by atoms with van der Waals surface area (Å²) < 4.78 is 50.1. The van der Waals surface area contributed by atoms with Gasteiger partial charge < -0.3 is 13.7 Å². The van der Waals surface area contributed by atoms with E-state index in [1.165, 1.54) is 0 Å². The van der Waals surface area contributed by atoms with Crippen molar-refractivity contribution in [1.29, 1.82) is 0 Å². The molecule has 0 aromatic heterocycles. The normalized spacial score (nSPS) is 5.10. The van der Waals surface area contributed by atoms with Crippen LogP contribution in [-0.2, 0) is 52.9 Å². The summed E-state index contributed by atoms with van der Waals surface area (Å²) in [5.41, 5.74) is 0. The Bertz CT molecular complexity index is 49.7. The van der Waals surface area contributed by atoms with Crippen LogP contribution in [0.3, 0.4) is 0 Å². The minimum Gasteiger partial charge on any atom is -0.775 e. The smallest absolute Gasteiger partial charge is 0.775 e. The quantitative estimate of drug-likeness (QED) is 0.243. The standard InChI is InChI=1S/Fe.3H2O2S/c;3*1-3-2/h;3*3H,(H,1,2)/q+3;;;/p-3. The summed E-state index contributed by atoms with van der Waals surface area (Å²) >= 11 is -3.25. The van der Waals surface area contributed by atoms with Crippen molar-refractivity contribution < 1.29 is 43.4 Å². The minimum absolute atomic E-state index is 0. The molecule has 0 amide bonds. The van der Waals surface area contributed by atoms with Crippen LogP contribution in [0.1, 0.15) is 0 Å². The third-order valence-electron chi connectivity index (χ3n) is 0. The van der Waals surface area contributed by atoms with E-state index in [4.69, 9.17) is 26.3 Å². The van der Waals surface area contributed by atoms with Crippen LogP contribution >= 0.6 is 0 Å². The number of hydrogen-bond acceptors (Lipinski definition) is 6. The zero-order valence-electron chi connectivity index (χ0n) is 4.14. The zero-order valence-corrected chi connectivity index (χ0v) is 7.93. The van der Waals surface area contributed by atoms with Gasteiger partial charge >= 0.3 is 17.1 Å². The zero-order chi connectivity index (χ0) is 8.12. The Morgan fingerprint density at radius 2 is 0.700 bits per heavy atom. The molecule has 0 aromatic rings. The molecule has 0 aliphatic rings. The van der Waals surface area contributed by atoms with Gasteiger partial charge in [-0.3, -0.25) is 12.6 Å². The minimum atomic E-state index is -1.08. The van der Waals surface area contributed by atoms with Crippen LogP contribution in [0.15, 0.2) is 0 Å². The van der Waals surface area contributed by atoms with E-state index in [1.54, 1.807) is 0 Å². The molecule has 10 heteroatoms. The summed E-state index contributed by atoms with van der Waals surface area (Å²) in [6.07, 6.45) is 0. The van der Waals surface area contributed by atoms with Crippen LogP contribution in [0, 0.1) is 0 Å². The van der Waals surface area contributed by atoms with Gasteiger partial charge in [0.1, 0.15) is 0 Å². The second-order valence-electron chi connectivity index (χ2n) is 0.224. The first-order valence-corrected chi connectivity index (χ1v) is 3.29. The molecular weight excluding hydrogens is 248 g/mol. The van der Waals surface area contributed by atoms with Gasteiger partial charge in [-0.15, -0.1) is 0 Å². The van der Waals surface area contributed by atoms with Crippen molar-refractivity contribution in [2.45, 2.75) is 0 Å². The SMILES string of the molecule is O=[SH][O-].O=[SH][O-].O=[SH][O-].[Fe+3]. The van der Waals surface area contributed by atoms with E-state index in [9.17, 15) is 0 Å². The predicted molar refractivity (Wildman–Crippen MR) is 30.9 cm³/mol. The summed E-state index contributed by atoms with van der Waals surface area (Å²) in [5, 5.41) is 0. The van der Waals surface area contributed by atoms with Crippen LogP contribution in [0.2, 0.25) is 0 Å². The van der Waals surface area contributed by atoms with E-state index in [0.717, 1.165) is 0 Å². The van der Waals surface area contributed by atoms with Gasteiger partial charge in [-0.05, 0) is 0 Å². The molecule has 0 saturated carbocycles. The number of rotatable bonds is 0. The fourth-order valence-electron chi connectivity index (χ4n) is 0. The second-order valence-corrected chi connectivity index (χ2v) is 0.671. The van der Waals surface area contributed by atoms with Gasteiger partial charge in [0, 0.05) is 0 Å². The number of thiol groups is 3. The van der Waals surface area contributed by atoms with Crippen LogP contribution in [-0.4, -0.2) is 26.3 Å². The Labute approximate surface area is 79.2 Å². The monoisotopic (exact) mass is 251 g/mol. The molecule has 0 heterocycles. The average Bonchev–Trinajstić information content (AvgIpc) is 1.70. The topological polar surface area (TPSA) is 120 Å². The van der Waals surface area contributed by atoms with Crippen LogP contribution < -0.4 is 0 Å². The van der Waals surface area contributed by atoms with Crippen molar-refractivity contribution in [3.63, 3.8) is 0 Å². The first-order valence-electron chi connectivity index (χ1n) is 1.10. The first kappa shape index (κ1) is 22.4. The summed E-state index contributed by atoms with van der Waals surface area (Å²) in [6, 6.07) is 0. The van der Waals surface area contributed by atoms with E-state index in [0.29, 0.717) is 0 Å². The maximum absolute atomic E-state index is 8.35. The van der Waals surface area contributed by atoms with Crippen molar-refractivity contribution in [2.24, 2.45) is 0 Å². The molecule has 0 N–H and O–H groups in total. The molecule has 65 valence electrons. The van der Waals surface area contributed by atoms with Gasteiger partial charge in [0.15, 0.2) is 0 Å². The van der Waals surface area contributed by atoms with Gasteiger partial charge in [0.25, 0.3) is 0 Å². The van der Waals surface area contributed by atoms with Gasteiger partial charge in [-0.2, -0.15) is 0 Å². The van der Waals surface area contributed by atoms with E-state index >= 15 is 0 Å². The fraction of sp³-hybridized carbons (Fsp3) is 0. The van der Waals surface area contributed by atoms with Crippen LogP contribution in [0.4, 0.5) is 0 Å². The van der Waals surface area contributed by atoms with Crippen molar-refractivity contribution >= 4 is 35.8 Å². The summed E-state index contributed by atoms with van der Waals surface area (Å²) in [7, 11) is 0. The maximum Gasteiger partial charge on any atom is 3.00 e. The molecule has 10 heavy (non-hydrogen) atoms. The molecule has 0 atom stereocenters. The van der Waals surface area contributed by atoms with Gasteiger partial charge in [0.2, 0.25) is 0 Å². The summed E-state index contributed by atoms with van der Waals surface area (Å²) in [5.74, 6) is 0. The van der Waals surface area contributed by atoms with Crippen molar-refractivity contribution in [3.05, 3.63) is 0 Å². The Morgan fingerprint density at radius 3 is 0.700 bits per heavy atom. The molecule has 0 bridgehead atoms. The van der Waals surface area contributed by atoms with E-state index < -0.39 is 35.8 Å². The Hall–Kier alpha value is 0.849. The van der Waals surface area contributed by atoms with Crippen LogP contribution in [0.25, 0.3) is 0 Å². The molecule has 0 aliphatic heterocycles. The van der Waals surface area contributed by atoms with Crippen molar-refractivity contribution in [2.75, 3.05) is 0 Å². The number of hydrogen-bond donors (Lipinski definition) is 3. The molecule has 1 radical (unpaired) electrons. The van der Waals surface area contributed by atoms with Crippen LogP contribution in [0.5, 0.6) is 0 Å². The molecule has 0 unspecified atom stereocenters. The summed E-state index contributed by atoms with van der Waals surface area (Å²) in [4.78, 5) is 0. The Balaban J connectivity index is -0.0000000257. The predicted octanol–water partition coefficient (Wildman–Crippen LogP) is -2.82. The first-order chi connectivity index (χ1) is 4.24. The van der Waals surface area contributed by atoms with Crippen molar-refractivity contribution in [1.82, 2.24) is 0 Å². The third kappa shape index (κ3) is 756. The van der Waals surface area contributed by atoms with E-state index in [2.05, 4.69) is 0 Å². The molecule has 0 aromatic carbocycles. The van der Waals surface area contributed by atoms with Gasteiger partial charge in [-0.25, -0.2) is 0 Å². The molecule has 0 rings (SSSR count). The molecule has 0 spiro atoms. The fourth-order valence-corrected chi connectivity index (χ4v) is 0. The molecule has 0 aliphatic carbocycles. The third-order valence-corrected chi connectivity index (χ3v) is 0. The summed E-state index contributed by atoms with van der Waals surface area (Å²) in [6.45, 7) is 0. The van der Waals surface area contributed by atoms with Gasteiger partial charge in [0.05, 0.1) is 0 Å². The maximum atomic E-state index is 8.35. The van der Waals surface area contributed by atoms with Gasteiger partial charge in [-0.1, -0.05) is 35.8 Å². The van der Waals surface area contributed by atoms with E-state index in [1.807, 2.05) is 0 Å². The average molecular weight is 251 g/mol. The largest absolute Gasteiger partial charge is 3.00 e. The molecule has 0 fully saturated rings. The van der Waals surface area contributed by atoms with E-state index in [-0.39, 0.29) is 17.1 Å². The molecular formula is H3FeO6S3. The molecule has 6 nitrogen and oxygen atoms in total. The second kappa shape index (κ2) is 52.1. The Morgan fingerprint density at radius 1 is 0.700 bits per heavy atom. The molecule has 0 saturated heterocycles.